The highest BCUT2D eigenvalue weighted by atomic mass is 35.5. The second-order valence-corrected chi connectivity index (χ2v) is 6.11. The number of benzene rings is 1. The summed E-state index contributed by atoms with van der Waals surface area (Å²) in [6.07, 6.45) is 2.20. The van der Waals surface area contributed by atoms with Crippen LogP contribution >= 0.6 is 11.6 Å². The fourth-order valence-corrected chi connectivity index (χ4v) is 2.89. The zero-order chi connectivity index (χ0) is 15.1. The maximum atomic E-state index is 5.99. The number of guanidine groups is 1. The number of nitrogens with zero attached hydrogens (tertiary/aromatic N) is 2. The number of rotatable bonds is 5. The molecule has 0 amide bonds. The average molecular weight is 309 g/mol. The normalized spacial score (nSPS) is 19.8. The molecule has 0 spiro atoms. The summed E-state index contributed by atoms with van der Waals surface area (Å²) in [4.78, 5) is 6.65. The summed E-state index contributed by atoms with van der Waals surface area (Å²) in [7, 11) is 3.99. The molecule has 2 rings (SSSR count). The molecule has 0 radical (unpaired) electrons. The van der Waals surface area contributed by atoms with Crippen LogP contribution in [-0.2, 0) is 6.42 Å². The SMILES string of the molecule is CN=C(NCCc1cccc(Cl)c1)NCC1CCN(C)C1. The van der Waals surface area contributed by atoms with Crippen LogP contribution in [0.4, 0.5) is 0 Å². The van der Waals surface area contributed by atoms with Crippen molar-refractivity contribution in [2.24, 2.45) is 10.9 Å². The standard InChI is InChI=1S/C16H25ClN4/c1-18-16(20-11-14-7-9-21(2)12-14)19-8-6-13-4-3-5-15(17)10-13/h3-5,10,14H,6-9,11-12H2,1-2H3,(H2,18,19,20). The molecule has 4 nitrogen and oxygen atoms in total. The van der Waals surface area contributed by atoms with E-state index < -0.39 is 0 Å². The molecule has 1 aliphatic rings. The number of aliphatic imine (C=N–C) groups is 1. The monoisotopic (exact) mass is 308 g/mol. The van der Waals surface area contributed by atoms with Crippen molar-refractivity contribution < 1.29 is 0 Å². The van der Waals surface area contributed by atoms with E-state index in [9.17, 15) is 0 Å². The van der Waals surface area contributed by atoms with Crippen molar-refractivity contribution in [3.05, 3.63) is 34.9 Å². The van der Waals surface area contributed by atoms with Gasteiger partial charge in [0, 0.05) is 31.7 Å². The van der Waals surface area contributed by atoms with Gasteiger partial charge in [0.1, 0.15) is 0 Å². The van der Waals surface area contributed by atoms with Gasteiger partial charge in [-0.15, -0.1) is 0 Å². The third kappa shape index (κ3) is 5.56. The Kier molecular flexibility index (Phi) is 6.33. The highest BCUT2D eigenvalue weighted by Gasteiger charge is 2.19. The molecule has 0 aromatic heterocycles. The van der Waals surface area contributed by atoms with E-state index in [1.54, 1.807) is 0 Å². The van der Waals surface area contributed by atoms with Gasteiger partial charge >= 0.3 is 0 Å². The molecule has 1 heterocycles. The highest BCUT2D eigenvalue weighted by Crippen LogP contribution is 2.12. The predicted octanol–water partition coefficient (Wildman–Crippen LogP) is 2.00. The fourth-order valence-electron chi connectivity index (χ4n) is 2.67. The van der Waals surface area contributed by atoms with E-state index in [4.69, 9.17) is 11.6 Å². The van der Waals surface area contributed by atoms with Crippen LogP contribution in [0.3, 0.4) is 0 Å². The zero-order valence-electron chi connectivity index (χ0n) is 12.9. The number of nitrogens with one attached hydrogen (secondary N) is 2. The maximum absolute atomic E-state index is 5.99. The summed E-state index contributed by atoms with van der Waals surface area (Å²) in [5, 5.41) is 7.56. The molecule has 21 heavy (non-hydrogen) atoms. The van der Waals surface area contributed by atoms with Gasteiger partial charge in [-0.1, -0.05) is 23.7 Å². The van der Waals surface area contributed by atoms with Gasteiger partial charge in [0.15, 0.2) is 5.96 Å². The molecule has 1 fully saturated rings. The molecular formula is C16H25ClN4. The fraction of sp³-hybridized carbons (Fsp3) is 0.562. The first-order valence-electron chi connectivity index (χ1n) is 7.55. The van der Waals surface area contributed by atoms with Crippen molar-refractivity contribution in [2.75, 3.05) is 40.3 Å². The smallest absolute Gasteiger partial charge is 0.190 e. The van der Waals surface area contributed by atoms with Crippen molar-refractivity contribution in [3.8, 4) is 0 Å². The lowest BCUT2D eigenvalue weighted by molar-refractivity contribution is 0.394. The predicted molar refractivity (Wildman–Crippen MR) is 90.1 cm³/mol. The van der Waals surface area contributed by atoms with Gasteiger partial charge in [-0.05, 0) is 50.0 Å². The Morgan fingerprint density at radius 2 is 2.29 bits per heavy atom. The molecule has 1 unspecified atom stereocenters. The van der Waals surface area contributed by atoms with E-state index in [1.165, 1.54) is 25.1 Å². The van der Waals surface area contributed by atoms with Crippen molar-refractivity contribution in [1.29, 1.82) is 0 Å². The lowest BCUT2D eigenvalue weighted by Crippen LogP contribution is -2.41. The summed E-state index contributed by atoms with van der Waals surface area (Å²) in [5.74, 6) is 1.60. The summed E-state index contributed by atoms with van der Waals surface area (Å²) in [6, 6.07) is 7.99. The van der Waals surface area contributed by atoms with E-state index in [1.807, 2.05) is 25.2 Å². The second-order valence-electron chi connectivity index (χ2n) is 5.68. The van der Waals surface area contributed by atoms with Crippen LogP contribution in [0.1, 0.15) is 12.0 Å². The summed E-state index contributed by atoms with van der Waals surface area (Å²) < 4.78 is 0. The molecule has 2 N–H and O–H groups in total. The van der Waals surface area contributed by atoms with E-state index >= 15 is 0 Å². The maximum Gasteiger partial charge on any atom is 0.190 e. The van der Waals surface area contributed by atoms with Gasteiger partial charge < -0.3 is 15.5 Å². The average Bonchev–Trinajstić information content (AvgIpc) is 2.88. The molecule has 1 atom stereocenters. The molecule has 1 aromatic rings. The Balaban J connectivity index is 1.68. The Morgan fingerprint density at radius 1 is 1.43 bits per heavy atom. The van der Waals surface area contributed by atoms with Gasteiger partial charge in [-0.2, -0.15) is 0 Å². The van der Waals surface area contributed by atoms with Crippen molar-refractivity contribution in [1.82, 2.24) is 15.5 Å². The van der Waals surface area contributed by atoms with Crippen LogP contribution in [-0.4, -0.2) is 51.1 Å². The van der Waals surface area contributed by atoms with Gasteiger partial charge in [-0.25, -0.2) is 0 Å². The van der Waals surface area contributed by atoms with Gasteiger partial charge in [0.05, 0.1) is 0 Å². The molecule has 0 bridgehead atoms. The van der Waals surface area contributed by atoms with Gasteiger partial charge in [0.2, 0.25) is 0 Å². The quantitative estimate of drug-likeness (QED) is 0.645. The molecule has 0 saturated carbocycles. The molecule has 1 aromatic carbocycles. The topological polar surface area (TPSA) is 39.7 Å². The third-order valence-corrected chi connectivity index (χ3v) is 4.10. The number of hydrogen-bond donors (Lipinski definition) is 2. The Hall–Kier alpha value is -1.26. The molecule has 0 aliphatic carbocycles. The number of halogens is 1. The summed E-state index contributed by atoms with van der Waals surface area (Å²) in [5.41, 5.74) is 1.24. The first-order valence-corrected chi connectivity index (χ1v) is 7.92. The van der Waals surface area contributed by atoms with Crippen LogP contribution in [0.2, 0.25) is 5.02 Å². The van der Waals surface area contributed by atoms with Gasteiger partial charge in [0.25, 0.3) is 0 Å². The third-order valence-electron chi connectivity index (χ3n) is 3.87. The van der Waals surface area contributed by atoms with Crippen LogP contribution in [0, 0.1) is 5.92 Å². The lowest BCUT2D eigenvalue weighted by atomic mass is 10.1. The number of hydrogen-bond acceptors (Lipinski definition) is 2. The van der Waals surface area contributed by atoms with Crippen molar-refractivity contribution in [3.63, 3.8) is 0 Å². The van der Waals surface area contributed by atoms with E-state index in [2.05, 4.69) is 33.6 Å². The Labute approximate surface area is 132 Å². The largest absolute Gasteiger partial charge is 0.356 e. The minimum absolute atomic E-state index is 0.724. The second kappa shape index (κ2) is 8.25. The Bertz CT molecular complexity index is 475. The Morgan fingerprint density at radius 3 is 2.95 bits per heavy atom. The highest BCUT2D eigenvalue weighted by molar-refractivity contribution is 6.30. The molecule has 5 heteroatoms. The lowest BCUT2D eigenvalue weighted by Gasteiger charge is -2.15. The summed E-state index contributed by atoms with van der Waals surface area (Å²) in [6.45, 7) is 4.21. The van der Waals surface area contributed by atoms with E-state index in [0.717, 1.165) is 36.4 Å². The molecule has 116 valence electrons. The number of likely N-dealkylation sites (tertiary alicyclic amines) is 1. The summed E-state index contributed by atoms with van der Waals surface area (Å²) >= 11 is 5.99. The van der Waals surface area contributed by atoms with Crippen LogP contribution < -0.4 is 10.6 Å². The van der Waals surface area contributed by atoms with Crippen molar-refractivity contribution in [2.45, 2.75) is 12.8 Å². The van der Waals surface area contributed by atoms with Crippen molar-refractivity contribution >= 4 is 17.6 Å². The molecular weight excluding hydrogens is 284 g/mol. The van der Waals surface area contributed by atoms with Crippen LogP contribution in [0.25, 0.3) is 0 Å². The molecule has 1 aliphatic heterocycles. The van der Waals surface area contributed by atoms with Crippen LogP contribution in [0.5, 0.6) is 0 Å². The minimum atomic E-state index is 0.724. The first-order chi connectivity index (χ1) is 10.2. The zero-order valence-corrected chi connectivity index (χ0v) is 13.7. The van der Waals surface area contributed by atoms with Gasteiger partial charge in [-0.3, -0.25) is 4.99 Å². The first kappa shape index (κ1) is 16.1. The van der Waals surface area contributed by atoms with E-state index in [0.29, 0.717) is 0 Å². The minimum Gasteiger partial charge on any atom is -0.356 e. The van der Waals surface area contributed by atoms with E-state index in [-0.39, 0.29) is 0 Å². The molecule has 1 saturated heterocycles. The van der Waals surface area contributed by atoms with Crippen LogP contribution in [0.15, 0.2) is 29.3 Å².